The number of rotatable bonds is 8. The molecule has 0 spiro atoms. The van der Waals surface area contributed by atoms with Gasteiger partial charge in [0.05, 0.1) is 27.6 Å². The number of ether oxygens (including phenoxy) is 1. The van der Waals surface area contributed by atoms with Crippen LogP contribution in [0.1, 0.15) is 21.5 Å². The first-order chi connectivity index (χ1) is 20.4. The van der Waals surface area contributed by atoms with Crippen molar-refractivity contribution in [3.05, 3.63) is 134 Å². The first-order valence-electron chi connectivity index (χ1n) is 12.7. The Morgan fingerprint density at radius 1 is 1.02 bits per heavy atom. The highest BCUT2D eigenvalue weighted by Crippen LogP contribution is 2.29. The number of hydrogen-bond donors (Lipinski definition) is 1. The Bertz CT molecular complexity index is 2050. The van der Waals surface area contributed by atoms with Crippen LogP contribution in [0.25, 0.3) is 33.5 Å². The van der Waals surface area contributed by atoms with E-state index >= 15 is 0 Å². The van der Waals surface area contributed by atoms with Gasteiger partial charge in [-0.05, 0) is 54.1 Å². The fraction of sp³-hybridized carbons (Fsp3) is 0.0323. The molecule has 0 aliphatic heterocycles. The van der Waals surface area contributed by atoms with Gasteiger partial charge < -0.3 is 14.3 Å². The van der Waals surface area contributed by atoms with E-state index < -0.39 is 16.5 Å². The standard InChI is InChI=1S/C31H20N4O7/c36-30-23-6-2-3-7-24(23)33-29(28-16-22-5-1-4-8-26(22)42-28)34(30)32-17-20-11-14-27(25(15-20)35(39)40)41-18-19-9-12-21(13-10-19)31(37)38/h1-17H,18H2,(H,37,38). The normalized spacial score (nSPS) is 11.3. The van der Waals surface area contributed by atoms with Crippen LogP contribution in [0, 0.1) is 10.1 Å². The largest absolute Gasteiger partial charge is 0.482 e. The van der Waals surface area contributed by atoms with Gasteiger partial charge in [-0.25, -0.2) is 9.78 Å². The highest BCUT2D eigenvalue weighted by atomic mass is 16.6. The zero-order valence-corrected chi connectivity index (χ0v) is 21.7. The number of hydrogen-bond acceptors (Lipinski definition) is 8. The van der Waals surface area contributed by atoms with E-state index in [-0.39, 0.29) is 29.4 Å². The van der Waals surface area contributed by atoms with E-state index in [0.29, 0.717) is 33.4 Å². The quantitative estimate of drug-likeness (QED) is 0.138. The summed E-state index contributed by atoms with van der Waals surface area (Å²) in [5.41, 5.74) is 1.46. The summed E-state index contributed by atoms with van der Waals surface area (Å²) in [6, 6.07) is 26.3. The van der Waals surface area contributed by atoms with E-state index in [1.54, 1.807) is 54.6 Å². The number of nitrogens with zero attached hydrogens (tertiary/aromatic N) is 4. The number of nitro groups is 1. The van der Waals surface area contributed by atoms with E-state index in [2.05, 4.69) is 10.1 Å². The molecule has 0 fully saturated rings. The van der Waals surface area contributed by atoms with E-state index in [4.69, 9.17) is 14.3 Å². The molecule has 206 valence electrons. The number of para-hydroxylation sites is 2. The minimum absolute atomic E-state index is 0.00676. The first kappa shape index (κ1) is 26.1. The van der Waals surface area contributed by atoms with E-state index in [1.165, 1.54) is 30.5 Å². The SMILES string of the molecule is O=C(O)c1ccc(COc2ccc(C=Nn3c(-c4cc5ccccc5o4)nc4ccccc4c3=O)cc2[N+](=O)[O-])cc1. The molecular weight excluding hydrogens is 540 g/mol. The van der Waals surface area contributed by atoms with Crippen LogP contribution in [-0.4, -0.2) is 31.9 Å². The monoisotopic (exact) mass is 560 g/mol. The maximum atomic E-state index is 13.5. The molecule has 0 bridgehead atoms. The molecule has 0 atom stereocenters. The predicted octanol–water partition coefficient (Wildman–Crippen LogP) is 5.88. The summed E-state index contributed by atoms with van der Waals surface area (Å²) in [5.74, 6) is -0.523. The zero-order chi connectivity index (χ0) is 29.2. The molecule has 4 aromatic carbocycles. The average Bonchev–Trinajstić information content (AvgIpc) is 3.44. The molecule has 0 saturated heterocycles. The van der Waals surface area contributed by atoms with Crippen molar-refractivity contribution >= 4 is 39.7 Å². The highest BCUT2D eigenvalue weighted by molar-refractivity contribution is 5.87. The molecule has 11 heteroatoms. The van der Waals surface area contributed by atoms with Crippen molar-refractivity contribution in [1.29, 1.82) is 0 Å². The van der Waals surface area contributed by atoms with Gasteiger partial charge in [0.15, 0.2) is 11.5 Å². The van der Waals surface area contributed by atoms with Gasteiger partial charge in [0.1, 0.15) is 12.2 Å². The van der Waals surface area contributed by atoms with Crippen molar-refractivity contribution in [3.63, 3.8) is 0 Å². The van der Waals surface area contributed by atoms with Crippen LogP contribution in [0.2, 0.25) is 0 Å². The second-order valence-electron chi connectivity index (χ2n) is 9.24. The Balaban J connectivity index is 1.34. The number of furan rings is 1. The fourth-order valence-electron chi connectivity index (χ4n) is 4.39. The number of fused-ring (bicyclic) bond motifs is 2. The number of benzene rings is 4. The van der Waals surface area contributed by atoms with E-state index in [9.17, 15) is 19.7 Å². The van der Waals surface area contributed by atoms with Crippen molar-refractivity contribution < 1.29 is 24.0 Å². The van der Waals surface area contributed by atoms with Gasteiger partial charge in [-0.2, -0.15) is 9.78 Å². The lowest BCUT2D eigenvalue weighted by Gasteiger charge is -2.09. The van der Waals surface area contributed by atoms with Crippen LogP contribution in [0.3, 0.4) is 0 Å². The lowest BCUT2D eigenvalue weighted by atomic mass is 10.1. The third kappa shape index (κ3) is 5.09. The third-order valence-electron chi connectivity index (χ3n) is 6.50. The zero-order valence-electron chi connectivity index (χ0n) is 21.7. The Kier molecular flexibility index (Phi) is 6.73. The molecule has 1 N–H and O–H groups in total. The number of aromatic carboxylic acids is 1. The maximum Gasteiger partial charge on any atom is 0.335 e. The Morgan fingerprint density at radius 3 is 2.55 bits per heavy atom. The molecule has 0 radical (unpaired) electrons. The lowest BCUT2D eigenvalue weighted by molar-refractivity contribution is -0.385. The summed E-state index contributed by atoms with van der Waals surface area (Å²) in [6.45, 7) is -0.00676. The summed E-state index contributed by atoms with van der Waals surface area (Å²) in [6.07, 6.45) is 1.32. The highest BCUT2D eigenvalue weighted by Gasteiger charge is 2.18. The molecule has 42 heavy (non-hydrogen) atoms. The second-order valence-corrected chi connectivity index (χ2v) is 9.24. The van der Waals surface area contributed by atoms with Crippen molar-refractivity contribution in [2.45, 2.75) is 6.61 Å². The number of carbonyl (C=O) groups is 1. The third-order valence-corrected chi connectivity index (χ3v) is 6.50. The molecule has 0 saturated carbocycles. The van der Waals surface area contributed by atoms with E-state index in [0.717, 1.165) is 10.1 Å². The summed E-state index contributed by atoms with van der Waals surface area (Å²) in [5, 5.41) is 26.4. The Hall–Kier alpha value is -6.10. The summed E-state index contributed by atoms with van der Waals surface area (Å²) >= 11 is 0. The number of aromatic nitrogens is 2. The molecule has 6 rings (SSSR count). The summed E-state index contributed by atoms with van der Waals surface area (Å²) in [7, 11) is 0. The second kappa shape index (κ2) is 10.8. The smallest absolute Gasteiger partial charge is 0.335 e. The van der Waals surface area contributed by atoms with Crippen molar-refractivity contribution in [1.82, 2.24) is 9.66 Å². The fourth-order valence-corrected chi connectivity index (χ4v) is 4.39. The molecule has 11 nitrogen and oxygen atoms in total. The van der Waals surface area contributed by atoms with Gasteiger partial charge in [0.25, 0.3) is 5.56 Å². The van der Waals surface area contributed by atoms with E-state index in [1.807, 2.05) is 18.2 Å². The molecule has 2 heterocycles. The van der Waals surface area contributed by atoms with Crippen LogP contribution in [0.4, 0.5) is 5.69 Å². The van der Waals surface area contributed by atoms with Crippen LogP contribution < -0.4 is 10.3 Å². The predicted molar refractivity (Wildman–Crippen MR) is 155 cm³/mol. The van der Waals surface area contributed by atoms with Crippen LogP contribution in [0.5, 0.6) is 5.75 Å². The Labute approximate surface area is 236 Å². The van der Waals surface area contributed by atoms with Crippen molar-refractivity contribution in [2.75, 3.05) is 0 Å². The van der Waals surface area contributed by atoms with Crippen molar-refractivity contribution in [3.8, 4) is 17.3 Å². The number of carboxylic acids is 1. The number of nitro benzene ring substituents is 1. The van der Waals surface area contributed by atoms with Crippen LogP contribution >= 0.6 is 0 Å². The van der Waals surface area contributed by atoms with Gasteiger partial charge >= 0.3 is 11.7 Å². The lowest BCUT2D eigenvalue weighted by Crippen LogP contribution is -2.20. The molecule has 2 aromatic heterocycles. The maximum absolute atomic E-state index is 13.5. The molecule has 0 aliphatic rings. The first-order valence-corrected chi connectivity index (χ1v) is 12.7. The van der Waals surface area contributed by atoms with Crippen LogP contribution in [-0.2, 0) is 6.61 Å². The average molecular weight is 561 g/mol. The molecule has 0 amide bonds. The topological polar surface area (TPSA) is 150 Å². The van der Waals surface area contributed by atoms with Gasteiger partial charge in [0.2, 0.25) is 5.82 Å². The molecule has 0 aliphatic carbocycles. The Morgan fingerprint density at radius 2 is 1.79 bits per heavy atom. The summed E-state index contributed by atoms with van der Waals surface area (Å²) < 4.78 is 12.7. The molecular formula is C31H20N4O7. The molecule has 6 aromatic rings. The van der Waals surface area contributed by atoms with Gasteiger partial charge in [-0.15, -0.1) is 0 Å². The van der Waals surface area contributed by atoms with Crippen LogP contribution in [0.15, 0.2) is 111 Å². The minimum atomic E-state index is -1.05. The minimum Gasteiger partial charge on any atom is -0.482 e. The number of carboxylic acid groups (broad SMARTS) is 1. The van der Waals surface area contributed by atoms with Gasteiger partial charge in [0, 0.05) is 17.0 Å². The molecule has 0 unspecified atom stereocenters. The van der Waals surface area contributed by atoms with Gasteiger partial charge in [-0.3, -0.25) is 14.9 Å². The summed E-state index contributed by atoms with van der Waals surface area (Å²) in [4.78, 5) is 40.4. The van der Waals surface area contributed by atoms with Crippen molar-refractivity contribution in [2.24, 2.45) is 5.10 Å². The van der Waals surface area contributed by atoms with Gasteiger partial charge in [-0.1, -0.05) is 42.5 Å².